The summed E-state index contributed by atoms with van der Waals surface area (Å²) < 4.78 is 25.4. The van der Waals surface area contributed by atoms with Crippen molar-refractivity contribution in [1.29, 1.82) is 0 Å². The molecule has 14 nitrogen and oxygen atoms in total. The van der Waals surface area contributed by atoms with Crippen molar-refractivity contribution in [2.75, 3.05) is 13.2 Å². The highest BCUT2D eigenvalue weighted by molar-refractivity contribution is 5.22. The van der Waals surface area contributed by atoms with Crippen molar-refractivity contribution in [3.05, 3.63) is 11.6 Å². The summed E-state index contributed by atoms with van der Waals surface area (Å²) in [5, 5.41) is 109. The third-order valence-electron chi connectivity index (χ3n) is 16.6. The molecule has 0 amide bonds. The summed E-state index contributed by atoms with van der Waals surface area (Å²) in [4.78, 5) is 0. The van der Waals surface area contributed by atoms with Crippen LogP contribution in [0.4, 0.5) is 0 Å². The standard InChI is InChI=1S/C42H72O14/c1-20(2)10-9-13-42(8,56-37-34(52)32(50)30(48)25(19-44)55-37)21-11-15-40(6)28(21)22(45)16-26-39(5)14-12-27(46)38(3,4)35(39)23(17-41(26,40)7)53-36-33(51)31(49)29(47)24(18-43)54-36/h10,21-37,43-52H,9,11-19H2,1-8H3/t21?,22-,23+,24+,25-,26-,27+,28+,29+,30-,31-,32+,33+,34-,35?,36+,37+,39-,40-,41-,42-/m1/s1. The van der Waals surface area contributed by atoms with Crippen LogP contribution in [-0.2, 0) is 18.9 Å². The summed E-state index contributed by atoms with van der Waals surface area (Å²) in [6, 6.07) is 0. The Morgan fingerprint density at radius 3 is 1.89 bits per heavy atom. The molecular weight excluding hydrogens is 728 g/mol. The molecule has 56 heavy (non-hydrogen) atoms. The maximum absolute atomic E-state index is 12.6. The van der Waals surface area contributed by atoms with Crippen molar-refractivity contribution in [3.63, 3.8) is 0 Å². The van der Waals surface area contributed by atoms with Crippen LogP contribution in [0.25, 0.3) is 0 Å². The largest absolute Gasteiger partial charge is 0.394 e. The molecular formula is C42H72O14. The van der Waals surface area contributed by atoms with Crippen LogP contribution >= 0.6 is 0 Å². The van der Waals surface area contributed by atoms with E-state index >= 15 is 0 Å². The second-order valence-corrected chi connectivity index (χ2v) is 20.2. The highest BCUT2D eigenvalue weighted by atomic mass is 16.7. The van der Waals surface area contributed by atoms with Crippen LogP contribution in [0.2, 0.25) is 0 Å². The molecule has 6 rings (SSSR count). The zero-order chi connectivity index (χ0) is 41.5. The summed E-state index contributed by atoms with van der Waals surface area (Å²) in [5.74, 6) is -0.781. The molecule has 4 saturated carbocycles. The maximum Gasteiger partial charge on any atom is 0.187 e. The molecule has 0 bridgehead atoms. The monoisotopic (exact) mass is 800 g/mol. The Labute approximate surface area is 331 Å². The Morgan fingerprint density at radius 1 is 0.750 bits per heavy atom. The van der Waals surface area contributed by atoms with Crippen LogP contribution < -0.4 is 0 Å². The number of aliphatic hydroxyl groups is 10. The van der Waals surface area contributed by atoms with Gasteiger partial charge in [0.15, 0.2) is 12.6 Å². The molecule has 324 valence electrons. The van der Waals surface area contributed by atoms with Crippen LogP contribution in [0.5, 0.6) is 0 Å². The summed E-state index contributed by atoms with van der Waals surface area (Å²) in [5.41, 5.74) is -1.92. The van der Waals surface area contributed by atoms with Crippen LogP contribution in [0.3, 0.4) is 0 Å². The van der Waals surface area contributed by atoms with Gasteiger partial charge >= 0.3 is 0 Å². The summed E-state index contributed by atoms with van der Waals surface area (Å²) in [7, 11) is 0. The summed E-state index contributed by atoms with van der Waals surface area (Å²) in [6.45, 7) is 15.7. The van der Waals surface area contributed by atoms with Gasteiger partial charge in [0.25, 0.3) is 0 Å². The Hall–Kier alpha value is -0.820. The first-order valence-corrected chi connectivity index (χ1v) is 21.0. The molecule has 2 saturated heterocycles. The second-order valence-electron chi connectivity index (χ2n) is 20.2. The second kappa shape index (κ2) is 15.9. The number of allylic oxidation sites excluding steroid dienone is 2. The van der Waals surface area contributed by atoms with E-state index in [1.54, 1.807) is 0 Å². The van der Waals surface area contributed by atoms with Gasteiger partial charge in [-0.2, -0.15) is 0 Å². The number of aliphatic hydroxyl groups excluding tert-OH is 10. The van der Waals surface area contributed by atoms with E-state index in [0.717, 1.165) is 12.0 Å². The maximum atomic E-state index is 12.6. The van der Waals surface area contributed by atoms with E-state index in [2.05, 4.69) is 26.8 Å². The van der Waals surface area contributed by atoms with Gasteiger partial charge in [-0.1, -0.05) is 46.3 Å². The molecule has 2 unspecified atom stereocenters. The zero-order valence-electron chi connectivity index (χ0n) is 34.6. The van der Waals surface area contributed by atoms with Crippen LogP contribution in [0, 0.1) is 45.3 Å². The lowest BCUT2D eigenvalue weighted by Gasteiger charge is -2.72. The summed E-state index contributed by atoms with van der Waals surface area (Å²) >= 11 is 0. The Bertz CT molecular complexity index is 1400. The molecule has 10 N–H and O–H groups in total. The van der Waals surface area contributed by atoms with Crippen LogP contribution in [-0.4, -0.2) is 150 Å². The third kappa shape index (κ3) is 7.06. The lowest BCUT2D eigenvalue weighted by atomic mass is 9.34. The van der Waals surface area contributed by atoms with E-state index in [4.69, 9.17) is 18.9 Å². The molecule has 0 aromatic rings. The molecule has 14 heteroatoms. The Kier molecular flexibility index (Phi) is 12.7. The lowest BCUT2D eigenvalue weighted by molar-refractivity contribution is -0.349. The van der Waals surface area contributed by atoms with Gasteiger partial charge in [-0.25, -0.2) is 0 Å². The molecule has 2 aliphatic heterocycles. The number of rotatable bonds is 10. The van der Waals surface area contributed by atoms with Crippen LogP contribution in [0.15, 0.2) is 11.6 Å². The lowest BCUT2D eigenvalue weighted by Crippen LogP contribution is -2.71. The van der Waals surface area contributed by atoms with E-state index in [0.29, 0.717) is 44.9 Å². The molecule has 0 radical (unpaired) electrons. The van der Waals surface area contributed by atoms with Crippen molar-refractivity contribution in [1.82, 2.24) is 0 Å². The topological polar surface area (TPSA) is 239 Å². The van der Waals surface area contributed by atoms with Crippen molar-refractivity contribution in [2.45, 2.75) is 192 Å². The molecule has 6 aliphatic rings. The van der Waals surface area contributed by atoms with Crippen molar-refractivity contribution in [3.8, 4) is 0 Å². The predicted molar refractivity (Wildman–Crippen MR) is 202 cm³/mol. The minimum absolute atomic E-state index is 0.000258. The van der Waals surface area contributed by atoms with Crippen molar-refractivity contribution in [2.24, 2.45) is 45.3 Å². The van der Waals surface area contributed by atoms with E-state index in [1.165, 1.54) is 0 Å². The van der Waals surface area contributed by atoms with E-state index in [1.807, 2.05) is 34.6 Å². The fourth-order valence-corrected chi connectivity index (χ4v) is 13.5. The highest BCUT2D eigenvalue weighted by Crippen LogP contribution is 2.76. The quantitative estimate of drug-likeness (QED) is 0.110. The van der Waals surface area contributed by atoms with E-state index in [-0.39, 0.29) is 23.7 Å². The van der Waals surface area contributed by atoms with Crippen molar-refractivity contribution >= 4 is 0 Å². The van der Waals surface area contributed by atoms with Gasteiger partial charge < -0.3 is 70.0 Å². The van der Waals surface area contributed by atoms with Gasteiger partial charge in [0.05, 0.1) is 37.1 Å². The average Bonchev–Trinajstić information content (AvgIpc) is 3.52. The first-order valence-electron chi connectivity index (χ1n) is 21.0. The SMILES string of the molecule is CC(C)=CCC[C@@](C)(O[C@@H]1O[C@H](CO)[C@@H](O)[C@H](O)[C@H]1O)C1CC[C@]2(C)[C@@H]1[C@H](O)C[C@@H]1[C@@]3(C)CC[C@H](O)C(C)(C)C3[C@@H](O[C@H]3O[C@@H](CO)[C@H](O)[C@@H](O)[C@@H]3O)C[C@]12C. The Morgan fingerprint density at radius 2 is 1.32 bits per heavy atom. The molecule has 21 atom stereocenters. The minimum atomic E-state index is -1.61. The van der Waals surface area contributed by atoms with Crippen LogP contribution in [0.1, 0.15) is 107 Å². The van der Waals surface area contributed by atoms with E-state index in [9.17, 15) is 51.1 Å². The first kappa shape index (κ1) is 44.7. The van der Waals surface area contributed by atoms with E-state index < -0.39 is 120 Å². The normalized spacial score (nSPS) is 52.6. The van der Waals surface area contributed by atoms with Gasteiger partial charge in [-0.3, -0.25) is 0 Å². The highest BCUT2D eigenvalue weighted by Gasteiger charge is 2.74. The first-order chi connectivity index (χ1) is 26.0. The number of ether oxygens (including phenoxy) is 4. The fourth-order valence-electron chi connectivity index (χ4n) is 13.5. The zero-order valence-corrected chi connectivity index (χ0v) is 34.6. The molecule has 0 spiro atoms. The molecule has 0 aromatic carbocycles. The molecule has 2 heterocycles. The minimum Gasteiger partial charge on any atom is -0.394 e. The van der Waals surface area contributed by atoms with Gasteiger partial charge in [0.1, 0.15) is 48.8 Å². The van der Waals surface area contributed by atoms with Gasteiger partial charge in [-0.05, 0) is 117 Å². The fraction of sp³-hybridized carbons (Fsp3) is 0.952. The number of hydrogen-bond donors (Lipinski definition) is 10. The van der Waals surface area contributed by atoms with Gasteiger partial charge in [0.2, 0.25) is 0 Å². The molecule has 6 fully saturated rings. The smallest absolute Gasteiger partial charge is 0.187 e. The number of hydrogen-bond acceptors (Lipinski definition) is 14. The molecule has 4 aliphatic carbocycles. The Balaban J connectivity index is 1.39. The average molecular weight is 801 g/mol. The third-order valence-corrected chi connectivity index (χ3v) is 16.6. The summed E-state index contributed by atoms with van der Waals surface area (Å²) in [6.07, 6.45) is -9.52. The van der Waals surface area contributed by atoms with Gasteiger partial charge in [-0.15, -0.1) is 0 Å². The predicted octanol–water partition coefficient (Wildman–Crippen LogP) is 1.12. The molecule has 0 aromatic heterocycles. The number of fused-ring (bicyclic) bond motifs is 5. The van der Waals surface area contributed by atoms with Crippen molar-refractivity contribution < 1.29 is 70.0 Å². The van der Waals surface area contributed by atoms with Gasteiger partial charge in [0, 0.05) is 0 Å².